The summed E-state index contributed by atoms with van der Waals surface area (Å²) in [6, 6.07) is 16.4. The lowest BCUT2D eigenvalue weighted by atomic mass is 9.88. The molecule has 1 N–H and O–H groups in total. The van der Waals surface area contributed by atoms with Crippen molar-refractivity contribution in [3.05, 3.63) is 71.5 Å². The molecule has 4 rings (SSSR count). The fourth-order valence-corrected chi connectivity index (χ4v) is 6.20. The van der Waals surface area contributed by atoms with Gasteiger partial charge >= 0.3 is 5.97 Å². The van der Waals surface area contributed by atoms with Crippen LogP contribution in [-0.2, 0) is 13.1 Å². The van der Waals surface area contributed by atoms with Gasteiger partial charge in [0, 0.05) is 25.2 Å². The SMILES string of the molecule is CCCCC(c1cnc(-c2ccccc2)n1CCCC)N(Cc1ccc(OC)c(C(=O)O)c1)CC1CCCCC1. The lowest BCUT2D eigenvalue weighted by molar-refractivity contribution is 0.0692. The van der Waals surface area contributed by atoms with E-state index >= 15 is 0 Å². The number of carboxylic acids is 1. The molecular formula is C34H47N3O3. The van der Waals surface area contributed by atoms with Crippen LogP contribution in [0.2, 0.25) is 0 Å². The molecule has 3 aromatic rings. The fraction of sp³-hybridized carbons (Fsp3) is 0.529. The number of hydrogen-bond donors (Lipinski definition) is 1. The topological polar surface area (TPSA) is 67.6 Å². The van der Waals surface area contributed by atoms with Crippen LogP contribution in [0.5, 0.6) is 5.75 Å². The van der Waals surface area contributed by atoms with E-state index in [1.165, 1.54) is 44.9 Å². The maximum absolute atomic E-state index is 12.0. The van der Waals surface area contributed by atoms with Gasteiger partial charge in [0.25, 0.3) is 0 Å². The standard InChI is InChI=1S/C34H47N3O3/c1-4-6-18-30(31-23-35-33(37(31)21-7-5-2)28-16-12-9-13-17-28)36(24-26-14-10-8-11-15-26)25-27-19-20-32(40-3)29(22-27)34(38)39/h9,12-13,16-17,19-20,22-23,26,30H,4-8,10-11,14-15,18,21,24-25H2,1-3H3,(H,38,39). The number of hydrogen-bond acceptors (Lipinski definition) is 4. The Kier molecular flexibility index (Phi) is 11.2. The average molecular weight is 546 g/mol. The van der Waals surface area contributed by atoms with E-state index in [-0.39, 0.29) is 11.6 Å². The molecule has 2 aromatic carbocycles. The first-order chi connectivity index (χ1) is 19.5. The van der Waals surface area contributed by atoms with Crippen LogP contribution in [0.15, 0.2) is 54.7 Å². The van der Waals surface area contributed by atoms with Gasteiger partial charge in [0.2, 0.25) is 0 Å². The van der Waals surface area contributed by atoms with E-state index in [9.17, 15) is 9.90 Å². The lowest BCUT2D eigenvalue weighted by Gasteiger charge is -2.36. The number of ether oxygens (including phenoxy) is 1. The molecule has 1 aromatic heterocycles. The summed E-state index contributed by atoms with van der Waals surface area (Å²) in [6.45, 7) is 7.17. The number of aromatic nitrogens is 2. The van der Waals surface area contributed by atoms with Crippen LogP contribution >= 0.6 is 0 Å². The second-order valence-corrected chi connectivity index (χ2v) is 11.3. The molecule has 1 aliphatic carbocycles. The highest BCUT2D eigenvalue weighted by atomic mass is 16.5. The van der Waals surface area contributed by atoms with E-state index in [0.29, 0.717) is 18.2 Å². The smallest absolute Gasteiger partial charge is 0.339 e. The molecule has 0 aliphatic heterocycles. The van der Waals surface area contributed by atoms with Gasteiger partial charge in [-0.15, -0.1) is 0 Å². The minimum atomic E-state index is -0.954. The molecule has 0 radical (unpaired) electrons. The fourth-order valence-electron chi connectivity index (χ4n) is 6.20. The van der Waals surface area contributed by atoms with Gasteiger partial charge in [0.15, 0.2) is 0 Å². The summed E-state index contributed by atoms with van der Waals surface area (Å²) in [4.78, 5) is 19.6. The first kappa shape index (κ1) is 29.9. The zero-order valence-corrected chi connectivity index (χ0v) is 24.6. The van der Waals surface area contributed by atoms with E-state index < -0.39 is 5.97 Å². The van der Waals surface area contributed by atoms with Crippen molar-refractivity contribution < 1.29 is 14.6 Å². The first-order valence-electron chi connectivity index (χ1n) is 15.3. The van der Waals surface area contributed by atoms with Crippen molar-refractivity contribution in [2.45, 2.75) is 97.2 Å². The van der Waals surface area contributed by atoms with Gasteiger partial charge in [0.05, 0.1) is 25.0 Å². The molecule has 1 unspecified atom stereocenters. The Hall–Kier alpha value is -3.12. The molecule has 1 atom stereocenters. The number of aromatic carboxylic acids is 1. The van der Waals surface area contributed by atoms with Gasteiger partial charge in [-0.1, -0.05) is 88.8 Å². The van der Waals surface area contributed by atoms with Gasteiger partial charge < -0.3 is 14.4 Å². The number of benzene rings is 2. The molecule has 0 spiro atoms. The number of carboxylic acid groups (broad SMARTS) is 1. The van der Waals surface area contributed by atoms with Crippen molar-refractivity contribution in [2.24, 2.45) is 5.92 Å². The monoisotopic (exact) mass is 545 g/mol. The Labute approximate surface area is 240 Å². The van der Waals surface area contributed by atoms with Crippen molar-refractivity contribution in [3.63, 3.8) is 0 Å². The molecular weight excluding hydrogens is 498 g/mol. The van der Waals surface area contributed by atoms with Gasteiger partial charge in [-0.3, -0.25) is 4.90 Å². The summed E-state index contributed by atoms with van der Waals surface area (Å²) in [5, 5.41) is 9.84. The van der Waals surface area contributed by atoms with Crippen molar-refractivity contribution in [2.75, 3.05) is 13.7 Å². The van der Waals surface area contributed by atoms with E-state index in [4.69, 9.17) is 9.72 Å². The maximum atomic E-state index is 12.0. The molecule has 0 amide bonds. The summed E-state index contributed by atoms with van der Waals surface area (Å²) < 4.78 is 7.81. The van der Waals surface area contributed by atoms with E-state index in [0.717, 1.165) is 62.1 Å². The molecule has 1 saturated carbocycles. The zero-order valence-electron chi connectivity index (χ0n) is 24.6. The van der Waals surface area contributed by atoms with E-state index in [2.05, 4.69) is 59.8 Å². The predicted octanol–water partition coefficient (Wildman–Crippen LogP) is 8.37. The third-order valence-electron chi connectivity index (χ3n) is 8.36. The largest absolute Gasteiger partial charge is 0.496 e. The Morgan fingerprint density at radius 1 is 1.07 bits per heavy atom. The third kappa shape index (κ3) is 7.54. The van der Waals surface area contributed by atoms with Gasteiger partial charge in [-0.2, -0.15) is 0 Å². The van der Waals surface area contributed by atoms with Gasteiger partial charge in [-0.05, 0) is 49.3 Å². The van der Waals surface area contributed by atoms with Crippen LogP contribution in [0, 0.1) is 5.92 Å². The Balaban J connectivity index is 1.76. The molecule has 216 valence electrons. The highest BCUT2D eigenvalue weighted by Gasteiger charge is 2.29. The van der Waals surface area contributed by atoms with Crippen LogP contribution in [0.1, 0.15) is 106 Å². The summed E-state index contributed by atoms with van der Waals surface area (Å²) in [7, 11) is 1.53. The maximum Gasteiger partial charge on any atom is 0.339 e. The van der Waals surface area contributed by atoms with Crippen LogP contribution < -0.4 is 4.74 Å². The summed E-state index contributed by atoms with van der Waals surface area (Å²) in [5.41, 5.74) is 3.67. The third-order valence-corrected chi connectivity index (χ3v) is 8.36. The average Bonchev–Trinajstić information content (AvgIpc) is 3.40. The Morgan fingerprint density at radius 3 is 2.50 bits per heavy atom. The number of unbranched alkanes of at least 4 members (excludes halogenated alkanes) is 2. The summed E-state index contributed by atoms with van der Waals surface area (Å²) in [6.07, 6.45) is 14.1. The van der Waals surface area contributed by atoms with E-state index in [1.54, 1.807) is 12.1 Å². The van der Waals surface area contributed by atoms with Crippen molar-refractivity contribution in [3.8, 4) is 17.1 Å². The Morgan fingerprint density at radius 2 is 1.82 bits per heavy atom. The van der Waals surface area contributed by atoms with Crippen molar-refractivity contribution >= 4 is 5.97 Å². The predicted molar refractivity (Wildman–Crippen MR) is 162 cm³/mol. The van der Waals surface area contributed by atoms with E-state index in [1.807, 2.05) is 6.07 Å². The molecule has 0 saturated heterocycles. The highest BCUT2D eigenvalue weighted by Crippen LogP contribution is 2.35. The second-order valence-electron chi connectivity index (χ2n) is 11.3. The number of methoxy groups -OCH3 is 1. The molecule has 0 bridgehead atoms. The molecule has 6 nitrogen and oxygen atoms in total. The van der Waals surface area contributed by atoms with Crippen LogP contribution in [0.3, 0.4) is 0 Å². The van der Waals surface area contributed by atoms with Gasteiger partial charge in [0.1, 0.15) is 17.1 Å². The number of rotatable bonds is 15. The normalized spacial score (nSPS) is 14.9. The second kappa shape index (κ2) is 15.0. The minimum absolute atomic E-state index is 0.207. The van der Waals surface area contributed by atoms with Crippen molar-refractivity contribution in [1.82, 2.24) is 14.5 Å². The van der Waals surface area contributed by atoms with Crippen LogP contribution in [0.4, 0.5) is 0 Å². The quantitative estimate of drug-likeness (QED) is 0.208. The molecule has 6 heteroatoms. The lowest BCUT2D eigenvalue weighted by Crippen LogP contribution is -2.35. The number of imidazole rings is 1. The van der Waals surface area contributed by atoms with Gasteiger partial charge in [-0.25, -0.2) is 9.78 Å². The minimum Gasteiger partial charge on any atom is -0.496 e. The summed E-state index contributed by atoms with van der Waals surface area (Å²) in [5.74, 6) is 1.16. The number of nitrogens with zero attached hydrogens (tertiary/aromatic N) is 3. The molecule has 1 heterocycles. The van der Waals surface area contributed by atoms with Crippen molar-refractivity contribution in [1.29, 1.82) is 0 Å². The van der Waals surface area contributed by atoms with Crippen LogP contribution in [-0.4, -0.2) is 39.2 Å². The summed E-state index contributed by atoms with van der Waals surface area (Å²) >= 11 is 0. The number of carbonyl (C=O) groups is 1. The zero-order chi connectivity index (χ0) is 28.3. The molecule has 1 fully saturated rings. The molecule has 40 heavy (non-hydrogen) atoms. The first-order valence-corrected chi connectivity index (χ1v) is 15.3. The van der Waals surface area contributed by atoms with Crippen LogP contribution in [0.25, 0.3) is 11.4 Å². The highest BCUT2D eigenvalue weighted by molar-refractivity contribution is 5.91. The molecule has 1 aliphatic rings. The Bertz CT molecular complexity index is 1200.